The molecule has 0 spiro atoms. The first-order chi connectivity index (χ1) is 7.71. The van der Waals surface area contributed by atoms with E-state index in [0.717, 1.165) is 0 Å². The van der Waals surface area contributed by atoms with Gasteiger partial charge < -0.3 is 14.8 Å². The Morgan fingerprint density at radius 3 is 2.81 bits per heavy atom. The molecule has 0 bridgehead atoms. The fourth-order valence-corrected chi connectivity index (χ4v) is 1.11. The number of hydrogen-bond acceptors (Lipinski definition) is 4. The van der Waals surface area contributed by atoms with Gasteiger partial charge in [-0.25, -0.2) is 0 Å². The quantitative estimate of drug-likeness (QED) is 0.766. The Balaban J connectivity index is 2.77. The van der Waals surface area contributed by atoms with Gasteiger partial charge in [0.1, 0.15) is 11.8 Å². The summed E-state index contributed by atoms with van der Waals surface area (Å²) in [5, 5.41) is 11.0. The van der Waals surface area contributed by atoms with Gasteiger partial charge in [-0.05, 0) is 18.2 Å². The van der Waals surface area contributed by atoms with Crippen molar-refractivity contribution in [2.75, 3.05) is 14.2 Å². The Hall–Kier alpha value is -2.06. The fourth-order valence-electron chi connectivity index (χ4n) is 1.11. The number of benzene rings is 1. The minimum atomic E-state index is -0.946. The largest absolute Gasteiger partial charge is 0.497 e. The first-order valence-electron chi connectivity index (χ1n) is 4.58. The molecular formula is C11H12N2O3. The predicted molar refractivity (Wildman–Crippen MR) is 56.9 cm³/mol. The lowest BCUT2D eigenvalue weighted by molar-refractivity contribution is 0.0763. The number of methoxy groups -OCH3 is 2. The van der Waals surface area contributed by atoms with Crippen molar-refractivity contribution in [1.82, 2.24) is 5.32 Å². The van der Waals surface area contributed by atoms with Crippen molar-refractivity contribution in [3.8, 4) is 11.8 Å². The Labute approximate surface area is 93.6 Å². The van der Waals surface area contributed by atoms with Crippen molar-refractivity contribution in [1.29, 1.82) is 5.26 Å². The third kappa shape index (κ3) is 2.97. The molecule has 0 saturated heterocycles. The zero-order valence-corrected chi connectivity index (χ0v) is 9.06. The summed E-state index contributed by atoms with van der Waals surface area (Å²) in [6.07, 6.45) is -0.946. The Morgan fingerprint density at radius 2 is 2.25 bits per heavy atom. The average molecular weight is 220 g/mol. The average Bonchev–Trinajstić information content (AvgIpc) is 2.35. The maximum atomic E-state index is 11.6. The van der Waals surface area contributed by atoms with Gasteiger partial charge in [-0.15, -0.1) is 0 Å². The molecule has 0 aliphatic carbocycles. The van der Waals surface area contributed by atoms with E-state index in [1.165, 1.54) is 14.2 Å². The lowest BCUT2D eigenvalue weighted by Crippen LogP contribution is -2.34. The normalized spacial score (nSPS) is 11.3. The van der Waals surface area contributed by atoms with Crippen molar-refractivity contribution in [2.45, 2.75) is 6.23 Å². The first-order valence-corrected chi connectivity index (χ1v) is 4.58. The van der Waals surface area contributed by atoms with Gasteiger partial charge in [0.15, 0.2) is 0 Å². The molecule has 1 unspecified atom stereocenters. The van der Waals surface area contributed by atoms with Crippen LogP contribution in [0.15, 0.2) is 24.3 Å². The third-order valence-electron chi connectivity index (χ3n) is 1.95. The molecule has 0 aliphatic rings. The number of rotatable bonds is 4. The SMILES string of the molecule is COc1cccc(C(=O)NC(C#N)OC)c1. The summed E-state index contributed by atoms with van der Waals surface area (Å²) in [5.74, 6) is 0.200. The summed E-state index contributed by atoms with van der Waals surface area (Å²) < 4.78 is 9.71. The highest BCUT2D eigenvalue weighted by molar-refractivity contribution is 5.94. The van der Waals surface area contributed by atoms with Gasteiger partial charge in [0, 0.05) is 12.7 Å². The number of hydrogen-bond donors (Lipinski definition) is 1. The summed E-state index contributed by atoms with van der Waals surface area (Å²) >= 11 is 0. The van der Waals surface area contributed by atoms with E-state index in [1.807, 2.05) is 0 Å². The van der Waals surface area contributed by atoms with Gasteiger partial charge in [-0.2, -0.15) is 5.26 Å². The van der Waals surface area contributed by atoms with Crippen LogP contribution >= 0.6 is 0 Å². The molecule has 16 heavy (non-hydrogen) atoms. The molecule has 0 radical (unpaired) electrons. The topological polar surface area (TPSA) is 71.3 Å². The van der Waals surface area contributed by atoms with E-state index < -0.39 is 6.23 Å². The second kappa shape index (κ2) is 5.73. The number of nitrogens with one attached hydrogen (secondary N) is 1. The van der Waals surface area contributed by atoms with Crippen molar-refractivity contribution in [3.63, 3.8) is 0 Å². The van der Waals surface area contributed by atoms with Gasteiger partial charge >= 0.3 is 0 Å². The number of carbonyl (C=O) groups excluding carboxylic acids is 1. The van der Waals surface area contributed by atoms with Crippen LogP contribution in [0.5, 0.6) is 5.75 Å². The highest BCUT2D eigenvalue weighted by Crippen LogP contribution is 2.12. The molecule has 84 valence electrons. The van der Waals surface area contributed by atoms with E-state index in [-0.39, 0.29) is 5.91 Å². The van der Waals surface area contributed by atoms with Crippen LogP contribution in [0.1, 0.15) is 10.4 Å². The second-order valence-electron chi connectivity index (χ2n) is 2.95. The standard InChI is InChI=1S/C11H12N2O3/c1-15-9-5-3-4-8(6-9)11(14)13-10(7-12)16-2/h3-6,10H,1-2H3,(H,13,14). The van der Waals surface area contributed by atoms with Crippen LogP contribution < -0.4 is 10.1 Å². The maximum absolute atomic E-state index is 11.6. The van der Waals surface area contributed by atoms with Crippen LogP contribution in [-0.2, 0) is 4.74 Å². The monoisotopic (exact) mass is 220 g/mol. The van der Waals surface area contributed by atoms with Gasteiger partial charge in [0.25, 0.3) is 5.91 Å². The first kappa shape index (κ1) is 12.0. The number of nitriles is 1. The highest BCUT2D eigenvalue weighted by atomic mass is 16.5. The minimum absolute atomic E-state index is 0.382. The van der Waals surface area contributed by atoms with Crippen LogP contribution in [0.3, 0.4) is 0 Å². The van der Waals surface area contributed by atoms with Crippen LogP contribution in [0.2, 0.25) is 0 Å². The molecule has 0 aromatic heterocycles. The summed E-state index contributed by atoms with van der Waals surface area (Å²) in [6.45, 7) is 0. The summed E-state index contributed by atoms with van der Waals surface area (Å²) in [4.78, 5) is 11.6. The van der Waals surface area contributed by atoms with Crippen molar-refractivity contribution >= 4 is 5.91 Å². The molecule has 1 amide bonds. The maximum Gasteiger partial charge on any atom is 0.254 e. The third-order valence-corrected chi connectivity index (χ3v) is 1.95. The smallest absolute Gasteiger partial charge is 0.254 e. The van der Waals surface area contributed by atoms with E-state index in [9.17, 15) is 4.79 Å². The van der Waals surface area contributed by atoms with Gasteiger partial charge in [0.05, 0.1) is 7.11 Å². The minimum Gasteiger partial charge on any atom is -0.497 e. The zero-order valence-electron chi connectivity index (χ0n) is 9.06. The van der Waals surface area contributed by atoms with Crippen molar-refractivity contribution in [2.24, 2.45) is 0 Å². The second-order valence-corrected chi connectivity index (χ2v) is 2.95. The van der Waals surface area contributed by atoms with E-state index >= 15 is 0 Å². The van der Waals surface area contributed by atoms with Gasteiger partial charge in [-0.1, -0.05) is 6.07 Å². The van der Waals surface area contributed by atoms with E-state index in [1.54, 1.807) is 30.3 Å². The molecule has 1 aromatic rings. The number of amides is 1. The van der Waals surface area contributed by atoms with E-state index in [2.05, 4.69) is 5.32 Å². The lowest BCUT2D eigenvalue weighted by atomic mass is 10.2. The number of ether oxygens (including phenoxy) is 2. The van der Waals surface area contributed by atoms with Gasteiger partial charge in [-0.3, -0.25) is 4.79 Å². The summed E-state index contributed by atoms with van der Waals surface area (Å²) in [7, 11) is 2.87. The van der Waals surface area contributed by atoms with Crippen LogP contribution in [-0.4, -0.2) is 26.4 Å². The molecule has 1 N–H and O–H groups in total. The van der Waals surface area contributed by atoms with Crippen LogP contribution in [0, 0.1) is 11.3 Å². The summed E-state index contributed by atoms with van der Waals surface area (Å²) in [5.41, 5.74) is 0.414. The van der Waals surface area contributed by atoms with E-state index in [0.29, 0.717) is 11.3 Å². The van der Waals surface area contributed by atoms with E-state index in [4.69, 9.17) is 14.7 Å². The van der Waals surface area contributed by atoms with Gasteiger partial charge in [0.2, 0.25) is 6.23 Å². The van der Waals surface area contributed by atoms with Crippen LogP contribution in [0.4, 0.5) is 0 Å². The molecule has 1 atom stereocenters. The Kier molecular flexibility index (Phi) is 4.30. The molecule has 0 saturated carbocycles. The van der Waals surface area contributed by atoms with Crippen molar-refractivity contribution in [3.05, 3.63) is 29.8 Å². The molecule has 5 nitrogen and oxygen atoms in total. The molecule has 0 fully saturated rings. The number of nitrogens with zero attached hydrogens (tertiary/aromatic N) is 1. The number of carbonyl (C=O) groups is 1. The molecule has 5 heteroatoms. The lowest BCUT2D eigenvalue weighted by Gasteiger charge is -2.09. The summed E-state index contributed by atoms with van der Waals surface area (Å²) in [6, 6.07) is 8.43. The molecule has 0 aliphatic heterocycles. The van der Waals surface area contributed by atoms with Crippen molar-refractivity contribution < 1.29 is 14.3 Å². The molecule has 1 rings (SSSR count). The van der Waals surface area contributed by atoms with Crippen LogP contribution in [0.25, 0.3) is 0 Å². The fraction of sp³-hybridized carbons (Fsp3) is 0.273. The Morgan fingerprint density at radius 1 is 1.50 bits per heavy atom. The molecule has 0 heterocycles. The zero-order chi connectivity index (χ0) is 12.0. The molecule has 1 aromatic carbocycles. The highest BCUT2D eigenvalue weighted by Gasteiger charge is 2.12. The molecular weight excluding hydrogens is 208 g/mol. The Bertz CT molecular complexity index is 412. The predicted octanol–water partition coefficient (Wildman–Crippen LogP) is 0.921.